The van der Waals surface area contributed by atoms with Crippen molar-refractivity contribution in [3.8, 4) is 11.5 Å². The second-order valence-corrected chi connectivity index (χ2v) is 5.51. The lowest BCUT2D eigenvalue weighted by atomic mass is 9.86. The summed E-state index contributed by atoms with van der Waals surface area (Å²) in [5.41, 5.74) is 9.91. The number of methoxy groups -OCH3 is 2. The molecule has 24 heavy (non-hydrogen) atoms. The van der Waals surface area contributed by atoms with Gasteiger partial charge in [-0.25, -0.2) is 4.39 Å². The van der Waals surface area contributed by atoms with Gasteiger partial charge in [-0.15, -0.1) is 0 Å². The maximum atomic E-state index is 13.2. The Labute approximate surface area is 141 Å². The van der Waals surface area contributed by atoms with Gasteiger partial charge in [-0.3, -0.25) is 0 Å². The number of ether oxygens (including phenoxy) is 2. The highest BCUT2D eigenvalue weighted by Gasteiger charge is 2.18. The molecule has 0 spiro atoms. The summed E-state index contributed by atoms with van der Waals surface area (Å²) in [5, 5.41) is 0. The zero-order valence-electron chi connectivity index (χ0n) is 13.6. The van der Waals surface area contributed by atoms with Gasteiger partial charge in [0.1, 0.15) is 5.82 Å². The largest absolute Gasteiger partial charge is 0.493 e. The molecule has 123 valence electrons. The molecule has 1 unspecified atom stereocenters. The normalized spacial score (nSPS) is 17.1. The van der Waals surface area contributed by atoms with E-state index in [-0.39, 0.29) is 11.9 Å². The fourth-order valence-corrected chi connectivity index (χ4v) is 2.77. The molecule has 1 radical (unpaired) electrons. The first-order valence-electron chi connectivity index (χ1n) is 7.63. The van der Waals surface area contributed by atoms with Crippen molar-refractivity contribution in [3.63, 3.8) is 0 Å². The molecular formula is C20H19FNO2. The quantitative estimate of drug-likeness (QED) is 0.929. The van der Waals surface area contributed by atoms with E-state index in [1.807, 2.05) is 36.8 Å². The van der Waals surface area contributed by atoms with Crippen molar-refractivity contribution in [3.05, 3.63) is 78.0 Å². The fraction of sp³-hybridized carbons (Fsp3) is 0.150. The molecule has 0 fully saturated rings. The van der Waals surface area contributed by atoms with E-state index < -0.39 is 0 Å². The van der Waals surface area contributed by atoms with Crippen molar-refractivity contribution in [2.75, 3.05) is 14.2 Å². The summed E-state index contributed by atoms with van der Waals surface area (Å²) in [6.07, 6.45) is 5.89. The van der Waals surface area contributed by atoms with Gasteiger partial charge in [0.15, 0.2) is 11.5 Å². The van der Waals surface area contributed by atoms with Crippen LogP contribution < -0.4 is 15.2 Å². The maximum absolute atomic E-state index is 13.2. The molecule has 0 aliphatic heterocycles. The third kappa shape index (κ3) is 3.19. The first kappa shape index (κ1) is 16.3. The average molecular weight is 324 g/mol. The van der Waals surface area contributed by atoms with Crippen molar-refractivity contribution in [2.45, 2.75) is 6.04 Å². The van der Waals surface area contributed by atoms with Crippen LogP contribution in [0.3, 0.4) is 0 Å². The third-order valence-corrected chi connectivity index (χ3v) is 3.98. The molecule has 0 bridgehead atoms. The van der Waals surface area contributed by atoms with Crippen LogP contribution >= 0.6 is 0 Å². The van der Waals surface area contributed by atoms with E-state index in [2.05, 4.69) is 0 Å². The van der Waals surface area contributed by atoms with Crippen molar-refractivity contribution in [1.29, 1.82) is 0 Å². The molecule has 2 N–H and O–H groups in total. The van der Waals surface area contributed by atoms with Gasteiger partial charge in [-0.05, 0) is 46.5 Å². The number of rotatable bonds is 4. The summed E-state index contributed by atoms with van der Waals surface area (Å²) in [6.45, 7) is 0. The zero-order valence-corrected chi connectivity index (χ0v) is 13.6. The van der Waals surface area contributed by atoms with Crippen molar-refractivity contribution >= 4 is 11.1 Å². The Hall–Kier alpha value is -2.59. The van der Waals surface area contributed by atoms with Crippen LogP contribution in [-0.2, 0) is 0 Å². The first-order valence-corrected chi connectivity index (χ1v) is 7.63. The minimum Gasteiger partial charge on any atom is -0.493 e. The molecule has 3 nitrogen and oxygen atoms in total. The van der Waals surface area contributed by atoms with E-state index in [1.165, 1.54) is 12.1 Å². The molecule has 0 aromatic heterocycles. The second-order valence-electron chi connectivity index (χ2n) is 5.51. The van der Waals surface area contributed by atoms with Crippen molar-refractivity contribution < 1.29 is 13.9 Å². The van der Waals surface area contributed by atoms with Gasteiger partial charge in [-0.1, -0.05) is 30.4 Å². The summed E-state index contributed by atoms with van der Waals surface area (Å²) in [4.78, 5) is 0. The standard InChI is InChI=1S/C20H19FNO2/c1-23-19-10-5-14(11-20(19)24-2)17-9-8-16(22)12-18(17)13-3-6-15(21)7-4-13/h3-12,16H,22H2,1-2H3. The van der Waals surface area contributed by atoms with Gasteiger partial charge in [0.25, 0.3) is 0 Å². The number of allylic oxidation sites excluding steroid dienone is 2. The minimum atomic E-state index is -0.261. The summed E-state index contributed by atoms with van der Waals surface area (Å²) >= 11 is 0. The Balaban J connectivity index is 2.05. The Bertz CT molecular complexity index is 794. The molecular weight excluding hydrogens is 305 g/mol. The van der Waals surface area contributed by atoms with E-state index in [1.54, 1.807) is 26.4 Å². The van der Waals surface area contributed by atoms with Gasteiger partial charge >= 0.3 is 0 Å². The summed E-state index contributed by atoms with van der Waals surface area (Å²) in [7, 11) is 3.21. The van der Waals surface area contributed by atoms with E-state index in [0.29, 0.717) is 11.5 Å². The van der Waals surface area contributed by atoms with Crippen LogP contribution in [0.15, 0.2) is 54.6 Å². The number of nitrogens with two attached hydrogens (primary N) is 1. The molecule has 3 rings (SSSR count). The Morgan fingerprint density at radius 1 is 0.875 bits per heavy atom. The van der Waals surface area contributed by atoms with Gasteiger partial charge < -0.3 is 15.2 Å². The highest BCUT2D eigenvalue weighted by molar-refractivity contribution is 6.06. The van der Waals surface area contributed by atoms with Crippen LogP contribution in [0.5, 0.6) is 11.5 Å². The number of hydrogen-bond donors (Lipinski definition) is 1. The van der Waals surface area contributed by atoms with Crippen LogP contribution in [0, 0.1) is 12.2 Å². The first-order chi connectivity index (χ1) is 11.6. The number of benzene rings is 2. The monoisotopic (exact) mass is 324 g/mol. The van der Waals surface area contributed by atoms with Crippen LogP contribution in [0.1, 0.15) is 11.1 Å². The maximum Gasteiger partial charge on any atom is 0.161 e. The van der Waals surface area contributed by atoms with Crippen LogP contribution in [-0.4, -0.2) is 20.3 Å². The van der Waals surface area contributed by atoms with Gasteiger partial charge in [0, 0.05) is 12.5 Å². The second kappa shape index (κ2) is 6.89. The lowest BCUT2D eigenvalue weighted by Gasteiger charge is -2.21. The van der Waals surface area contributed by atoms with Gasteiger partial charge in [0.2, 0.25) is 0 Å². The molecule has 2 aromatic rings. The fourth-order valence-electron chi connectivity index (χ4n) is 2.77. The molecule has 1 atom stereocenters. The smallest absolute Gasteiger partial charge is 0.161 e. The van der Waals surface area contributed by atoms with Gasteiger partial charge in [0.05, 0.1) is 14.2 Å². The number of hydrogen-bond acceptors (Lipinski definition) is 3. The Morgan fingerprint density at radius 2 is 1.54 bits per heavy atom. The predicted molar refractivity (Wildman–Crippen MR) is 94.2 cm³/mol. The van der Waals surface area contributed by atoms with Crippen LogP contribution in [0.25, 0.3) is 11.1 Å². The molecule has 1 aliphatic carbocycles. The minimum absolute atomic E-state index is 0.172. The van der Waals surface area contributed by atoms with E-state index in [0.717, 1.165) is 22.3 Å². The van der Waals surface area contributed by atoms with E-state index >= 15 is 0 Å². The Morgan fingerprint density at radius 3 is 2.21 bits per heavy atom. The molecule has 0 saturated heterocycles. The lowest BCUT2D eigenvalue weighted by molar-refractivity contribution is 0.355. The number of halogens is 1. The average Bonchev–Trinajstić information content (AvgIpc) is 2.61. The predicted octanol–water partition coefficient (Wildman–Crippen LogP) is 3.86. The van der Waals surface area contributed by atoms with Crippen LogP contribution in [0.2, 0.25) is 0 Å². The molecule has 1 aliphatic rings. The highest BCUT2D eigenvalue weighted by atomic mass is 19.1. The SMILES string of the molecule is COc1ccc(C2=C[CH]C(N)C=C2c2ccc(F)cc2)cc1OC. The summed E-state index contributed by atoms with van der Waals surface area (Å²) < 4.78 is 23.9. The topological polar surface area (TPSA) is 44.5 Å². The van der Waals surface area contributed by atoms with Crippen molar-refractivity contribution in [2.24, 2.45) is 5.73 Å². The zero-order chi connectivity index (χ0) is 17.1. The summed E-state index contributed by atoms with van der Waals surface area (Å²) in [5.74, 6) is 1.07. The van der Waals surface area contributed by atoms with Crippen molar-refractivity contribution in [1.82, 2.24) is 0 Å². The molecule has 4 heteroatoms. The third-order valence-electron chi connectivity index (χ3n) is 3.98. The van der Waals surface area contributed by atoms with Gasteiger partial charge in [-0.2, -0.15) is 0 Å². The van der Waals surface area contributed by atoms with E-state index in [4.69, 9.17) is 15.2 Å². The van der Waals surface area contributed by atoms with E-state index in [9.17, 15) is 4.39 Å². The molecule has 0 heterocycles. The molecule has 2 aromatic carbocycles. The highest BCUT2D eigenvalue weighted by Crippen LogP contribution is 2.38. The lowest BCUT2D eigenvalue weighted by Crippen LogP contribution is -2.20. The molecule has 0 saturated carbocycles. The summed E-state index contributed by atoms with van der Waals surface area (Å²) in [6, 6.07) is 12.0. The molecule has 0 amide bonds. The van der Waals surface area contributed by atoms with Crippen LogP contribution in [0.4, 0.5) is 4.39 Å². The Kier molecular flexibility index (Phi) is 4.67.